The van der Waals surface area contributed by atoms with Gasteiger partial charge in [-0.1, -0.05) is 26.8 Å². The molecule has 1 aromatic rings. The number of carbonyl (C=O) groups is 1. The van der Waals surface area contributed by atoms with E-state index in [0.29, 0.717) is 0 Å². The summed E-state index contributed by atoms with van der Waals surface area (Å²) in [6, 6.07) is 0. The highest BCUT2D eigenvalue weighted by Gasteiger charge is 2.54. The summed E-state index contributed by atoms with van der Waals surface area (Å²) in [4.78, 5) is 34.1. The summed E-state index contributed by atoms with van der Waals surface area (Å²) in [6.07, 6.45) is 4.99. The van der Waals surface area contributed by atoms with Crippen molar-refractivity contribution in [1.82, 2.24) is 9.97 Å². The molecule has 0 saturated heterocycles. The number of aryl methyl sites for hydroxylation is 1. The Morgan fingerprint density at radius 1 is 1.38 bits per heavy atom. The number of hydrogen-bond donors (Lipinski definition) is 1. The van der Waals surface area contributed by atoms with E-state index in [2.05, 4.69) is 14.8 Å². The largest absolute Gasteiger partial charge is 0.345 e. The van der Waals surface area contributed by atoms with E-state index in [4.69, 9.17) is 6.57 Å². The molecule has 2 aliphatic rings. The number of aromatic nitrogens is 2. The minimum atomic E-state index is -0.610. The molecule has 108 valence electrons. The van der Waals surface area contributed by atoms with E-state index in [-0.39, 0.29) is 23.1 Å². The van der Waals surface area contributed by atoms with Crippen molar-refractivity contribution >= 4 is 5.78 Å². The summed E-state index contributed by atoms with van der Waals surface area (Å²) in [5.74, 6) is -0.0339. The van der Waals surface area contributed by atoms with Gasteiger partial charge in [0.15, 0.2) is 5.78 Å². The maximum Gasteiger partial charge on any atom is 0.345 e. The molecular weight excluding hydrogens is 266 g/mol. The molecule has 1 heterocycles. The molecule has 0 radical (unpaired) electrons. The average molecular weight is 283 g/mol. The molecule has 3 rings (SSSR count). The third-order valence-corrected chi connectivity index (χ3v) is 5.10. The van der Waals surface area contributed by atoms with Crippen LogP contribution in [0.25, 0.3) is 4.85 Å². The fraction of sp³-hybridized carbons (Fsp3) is 0.500. The third kappa shape index (κ3) is 1.72. The number of H-pyrrole nitrogens is 1. The number of ketones is 1. The molecule has 0 bridgehead atoms. The Balaban J connectivity index is 2.32. The Morgan fingerprint density at radius 3 is 2.76 bits per heavy atom. The minimum Gasteiger partial charge on any atom is -0.309 e. The second kappa shape index (κ2) is 4.14. The van der Waals surface area contributed by atoms with Crippen molar-refractivity contribution in [2.45, 2.75) is 39.0 Å². The Morgan fingerprint density at radius 2 is 2.10 bits per heavy atom. The van der Waals surface area contributed by atoms with Crippen LogP contribution >= 0.6 is 0 Å². The highest BCUT2D eigenvalue weighted by atomic mass is 16.1. The molecule has 2 atom stereocenters. The van der Waals surface area contributed by atoms with Gasteiger partial charge >= 0.3 is 5.69 Å². The molecule has 0 aliphatic heterocycles. The topological polar surface area (TPSA) is 67.2 Å². The van der Waals surface area contributed by atoms with E-state index < -0.39 is 10.8 Å². The SMILES string of the molecule is [C-]#[N+]C1=C[C@]2(C)c3[nH]c(=O)ncc3CC[C@H]2C(C)(C)C1=O. The van der Waals surface area contributed by atoms with E-state index >= 15 is 0 Å². The number of rotatable bonds is 0. The minimum absolute atomic E-state index is 0.0635. The van der Waals surface area contributed by atoms with Crippen LogP contribution in [0.4, 0.5) is 0 Å². The first-order valence-corrected chi connectivity index (χ1v) is 7.04. The summed E-state index contributed by atoms with van der Waals surface area (Å²) in [7, 11) is 0. The van der Waals surface area contributed by atoms with Gasteiger partial charge in [0.25, 0.3) is 0 Å². The number of allylic oxidation sites excluding steroid dienone is 2. The number of Topliss-reactive ketones (excluding diaryl/α,β-unsaturated/α-hetero) is 1. The zero-order valence-electron chi connectivity index (χ0n) is 12.4. The fourth-order valence-corrected chi connectivity index (χ4v) is 4.07. The molecule has 1 N–H and O–H groups in total. The first-order chi connectivity index (χ1) is 9.80. The summed E-state index contributed by atoms with van der Waals surface area (Å²) < 4.78 is 0. The fourth-order valence-electron chi connectivity index (χ4n) is 4.07. The van der Waals surface area contributed by atoms with Gasteiger partial charge in [-0.25, -0.2) is 14.6 Å². The lowest BCUT2D eigenvalue weighted by molar-refractivity contribution is -0.128. The predicted octanol–water partition coefficient (Wildman–Crippen LogP) is 2.00. The van der Waals surface area contributed by atoms with Gasteiger partial charge in [0.2, 0.25) is 5.70 Å². The summed E-state index contributed by atoms with van der Waals surface area (Å²) >= 11 is 0. The van der Waals surface area contributed by atoms with Gasteiger partial charge in [-0.3, -0.25) is 0 Å². The van der Waals surface area contributed by atoms with Crippen LogP contribution in [0.1, 0.15) is 38.4 Å². The van der Waals surface area contributed by atoms with Crippen LogP contribution in [0.2, 0.25) is 0 Å². The van der Waals surface area contributed by atoms with Crippen molar-refractivity contribution in [3.63, 3.8) is 0 Å². The van der Waals surface area contributed by atoms with Crippen LogP contribution in [-0.4, -0.2) is 15.8 Å². The van der Waals surface area contributed by atoms with Gasteiger partial charge in [-0.15, -0.1) is 0 Å². The molecule has 0 aromatic carbocycles. The van der Waals surface area contributed by atoms with Crippen molar-refractivity contribution in [1.29, 1.82) is 0 Å². The molecular formula is C16H17N3O2. The van der Waals surface area contributed by atoms with Crippen molar-refractivity contribution < 1.29 is 4.79 Å². The molecule has 21 heavy (non-hydrogen) atoms. The van der Waals surface area contributed by atoms with E-state index in [1.807, 2.05) is 20.8 Å². The zero-order chi connectivity index (χ0) is 15.4. The van der Waals surface area contributed by atoms with E-state index in [1.165, 1.54) is 0 Å². The second-order valence-corrected chi connectivity index (χ2v) is 6.65. The first-order valence-electron chi connectivity index (χ1n) is 7.04. The molecule has 0 saturated carbocycles. The molecule has 5 nitrogen and oxygen atoms in total. The van der Waals surface area contributed by atoms with E-state index in [1.54, 1.807) is 12.3 Å². The van der Waals surface area contributed by atoms with Crippen LogP contribution < -0.4 is 5.69 Å². The normalized spacial score (nSPS) is 29.9. The van der Waals surface area contributed by atoms with Crippen LogP contribution in [0.15, 0.2) is 22.8 Å². The van der Waals surface area contributed by atoms with Crippen LogP contribution in [0.3, 0.4) is 0 Å². The van der Waals surface area contributed by atoms with Gasteiger partial charge in [0.1, 0.15) is 0 Å². The van der Waals surface area contributed by atoms with Gasteiger partial charge in [-0.2, -0.15) is 0 Å². The van der Waals surface area contributed by atoms with E-state index in [0.717, 1.165) is 24.1 Å². The average Bonchev–Trinajstić information content (AvgIpc) is 2.43. The molecule has 1 aromatic heterocycles. The smallest absolute Gasteiger partial charge is 0.309 e. The molecule has 5 heteroatoms. The van der Waals surface area contributed by atoms with Gasteiger partial charge < -0.3 is 9.78 Å². The molecule has 0 spiro atoms. The summed E-state index contributed by atoms with van der Waals surface area (Å²) in [5.41, 5.74) is 0.473. The second-order valence-electron chi connectivity index (χ2n) is 6.65. The number of fused-ring (bicyclic) bond motifs is 3. The summed E-state index contributed by atoms with van der Waals surface area (Å²) in [6.45, 7) is 13.1. The molecule has 2 aliphatic carbocycles. The first kappa shape index (κ1) is 13.7. The van der Waals surface area contributed by atoms with Gasteiger partial charge in [-0.05, 0) is 24.3 Å². The van der Waals surface area contributed by atoms with Crippen LogP contribution in [0.5, 0.6) is 0 Å². The van der Waals surface area contributed by atoms with Crippen LogP contribution in [0, 0.1) is 17.9 Å². The lowest BCUT2D eigenvalue weighted by atomic mass is 9.53. The van der Waals surface area contributed by atoms with Crippen molar-refractivity contribution in [3.05, 3.63) is 51.1 Å². The predicted molar refractivity (Wildman–Crippen MR) is 77.5 cm³/mol. The molecule has 0 amide bonds. The number of nitrogens with zero attached hydrogens (tertiary/aromatic N) is 2. The lowest BCUT2D eigenvalue weighted by Gasteiger charge is -2.50. The zero-order valence-corrected chi connectivity index (χ0v) is 12.4. The summed E-state index contributed by atoms with van der Waals surface area (Å²) in [5, 5.41) is 0. The molecule has 0 unspecified atom stereocenters. The number of nitrogens with one attached hydrogen (secondary N) is 1. The van der Waals surface area contributed by atoms with Crippen molar-refractivity contribution in [2.24, 2.45) is 11.3 Å². The Hall–Kier alpha value is -2.22. The van der Waals surface area contributed by atoms with Gasteiger partial charge in [0, 0.05) is 22.7 Å². The Labute approximate surface area is 122 Å². The number of carbonyl (C=O) groups excluding carboxylic acids is 1. The van der Waals surface area contributed by atoms with Gasteiger partial charge in [0.05, 0.1) is 6.57 Å². The Kier molecular flexibility index (Phi) is 2.71. The maximum absolute atomic E-state index is 12.5. The lowest BCUT2D eigenvalue weighted by Crippen LogP contribution is -2.51. The number of hydrogen-bond acceptors (Lipinski definition) is 3. The highest BCUT2D eigenvalue weighted by Crippen LogP contribution is 2.53. The van der Waals surface area contributed by atoms with Crippen molar-refractivity contribution in [3.8, 4) is 0 Å². The quantitative estimate of drug-likeness (QED) is 0.740. The number of aromatic amines is 1. The Bertz CT molecular complexity index is 766. The standard InChI is InChI=1S/C16H17N3O2/c1-15(2)11-6-5-9-8-18-14(21)19-12(9)16(11,3)7-10(17-4)13(15)20/h7-8,11H,5-6H2,1-3H3,(H,18,19,21)/t11-,16-/m0/s1. The molecule has 0 fully saturated rings. The van der Waals surface area contributed by atoms with Crippen LogP contribution in [-0.2, 0) is 16.6 Å². The third-order valence-electron chi connectivity index (χ3n) is 5.10. The van der Waals surface area contributed by atoms with Crippen molar-refractivity contribution in [2.75, 3.05) is 0 Å². The monoisotopic (exact) mass is 283 g/mol. The van der Waals surface area contributed by atoms with E-state index in [9.17, 15) is 9.59 Å². The highest BCUT2D eigenvalue weighted by molar-refractivity contribution is 6.02. The maximum atomic E-state index is 12.5.